The zero-order valence-electron chi connectivity index (χ0n) is 14.7. The van der Waals surface area contributed by atoms with Gasteiger partial charge in [-0.2, -0.15) is 0 Å². The normalized spacial score (nSPS) is 12.6. The Kier molecular flexibility index (Phi) is 3.91. The third-order valence-corrected chi connectivity index (χ3v) is 8.46. The van der Waals surface area contributed by atoms with E-state index in [1.807, 2.05) is 34.0 Å². The summed E-state index contributed by atoms with van der Waals surface area (Å²) >= 11 is 5.83. The summed E-state index contributed by atoms with van der Waals surface area (Å²) in [6.07, 6.45) is 4.97. The molecule has 0 saturated carbocycles. The van der Waals surface area contributed by atoms with Gasteiger partial charge in [-0.25, -0.2) is 0 Å². The number of hydrogen-bond donors (Lipinski definition) is 0. The Hall–Kier alpha value is -1.30. The fourth-order valence-corrected chi connectivity index (χ4v) is 7.35. The summed E-state index contributed by atoms with van der Waals surface area (Å²) in [4.78, 5) is 0. The largest absolute Gasteiger partial charge is 0.337 e. The zero-order chi connectivity index (χ0) is 17.0. The number of aryl methyl sites for hydroxylation is 2. The van der Waals surface area contributed by atoms with Gasteiger partial charge in [0.15, 0.2) is 0 Å². The molecule has 5 rings (SSSR count). The molecular formula is C20H22N2S3. The summed E-state index contributed by atoms with van der Waals surface area (Å²) in [5, 5.41) is 4.51. The van der Waals surface area contributed by atoms with Crippen LogP contribution < -0.4 is 0 Å². The van der Waals surface area contributed by atoms with Crippen molar-refractivity contribution in [1.29, 1.82) is 0 Å². The molecule has 5 aromatic rings. The standard InChI is InChI=1S/C20H22N2S3/c1-3-5-9-21-13-7-11-23-17(13)19-15(21)16-20(25-19)18-14(8-12-24-18)22(16)10-6-4-2/h7-8,11-12H,3-6,9-10H2,1-2H3. The van der Waals surface area contributed by atoms with Gasteiger partial charge in [0, 0.05) is 13.1 Å². The molecule has 0 atom stereocenters. The number of hydrogen-bond acceptors (Lipinski definition) is 3. The fraction of sp³-hybridized carbons (Fsp3) is 0.400. The molecule has 0 aliphatic rings. The molecule has 0 N–H and O–H groups in total. The highest BCUT2D eigenvalue weighted by Crippen LogP contribution is 2.47. The fourth-order valence-electron chi connectivity index (χ4n) is 3.93. The van der Waals surface area contributed by atoms with E-state index in [0.717, 1.165) is 13.1 Å². The Bertz CT molecular complexity index is 1090. The van der Waals surface area contributed by atoms with E-state index in [9.17, 15) is 0 Å². The third-order valence-electron chi connectivity index (χ3n) is 5.15. The van der Waals surface area contributed by atoms with E-state index >= 15 is 0 Å². The average molecular weight is 387 g/mol. The summed E-state index contributed by atoms with van der Waals surface area (Å²) < 4.78 is 11.2. The lowest BCUT2D eigenvalue weighted by Gasteiger charge is -2.08. The van der Waals surface area contributed by atoms with Gasteiger partial charge in [-0.1, -0.05) is 26.7 Å². The first-order chi connectivity index (χ1) is 12.3. The minimum absolute atomic E-state index is 1.13. The summed E-state index contributed by atoms with van der Waals surface area (Å²) in [7, 11) is 0. The number of rotatable bonds is 6. The smallest absolute Gasteiger partial charge is 0.0858 e. The minimum Gasteiger partial charge on any atom is -0.337 e. The van der Waals surface area contributed by atoms with Gasteiger partial charge in [0.2, 0.25) is 0 Å². The van der Waals surface area contributed by atoms with E-state index in [1.165, 1.54) is 66.5 Å². The van der Waals surface area contributed by atoms with Crippen LogP contribution in [0.3, 0.4) is 0 Å². The quantitative estimate of drug-likeness (QED) is 0.283. The molecule has 0 bridgehead atoms. The van der Waals surface area contributed by atoms with E-state index in [-0.39, 0.29) is 0 Å². The Morgan fingerprint density at radius 1 is 0.720 bits per heavy atom. The number of aromatic nitrogens is 2. The molecule has 5 heteroatoms. The van der Waals surface area contributed by atoms with E-state index in [1.54, 1.807) is 0 Å². The monoisotopic (exact) mass is 386 g/mol. The van der Waals surface area contributed by atoms with Crippen molar-refractivity contribution >= 4 is 74.9 Å². The van der Waals surface area contributed by atoms with Crippen molar-refractivity contribution in [3.63, 3.8) is 0 Å². The van der Waals surface area contributed by atoms with Crippen molar-refractivity contribution in [3.05, 3.63) is 22.9 Å². The van der Waals surface area contributed by atoms with Crippen LogP contribution in [0.4, 0.5) is 0 Å². The highest BCUT2D eigenvalue weighted by atomic mass is 32.1. The van der Waals surface area contributed by atoms with Crippen LogP contribution in [-0.4, -0.2) is 9.13 Å². The molecule has 2 nitrogen and oxygen atoms in total. The molecule has 130 valence electrons. The van der Waals surface area contributed by atoms with E-state index in [0.29, 0.717) is 0 Å². The van der Waals surface area contributed by atoms with Gasteiger partial charge in [0.1, 0.15) is 0 Å². The summed E-state index contributed by atoms with van der Waals surface area (Å²) in [5.41, 5.74) is 5.87. The van der Waals surface area contributed by atoms with Gasteiger partial charge in [0.25, 0.3) is 0 Å². The third kappa shape index (κ3) is 2.19. The summed E-state index contributed by atoms with van der Waals surface area (Å²) in [6, 6.07) is 4.63. The summed E-state index contributed by atoms with van der Waals surface area (Å²) in [5.74, 6) is 0. The second-order valence-corrected chi connectivity index (χ2v) is 9.59. The molecule has 0 aliphatic heterocycles. The van der Waals surface area contributed by atoms with Crippen LogP contribution in [0.5, 0.6) is 0 Å². The lowest BCUT2D eigenvalue weighted by atomic mass is 10.3. The Morgan fingerprint density at radius 2 is 1.20 bits per heavy atom. The van der Waals surface area contributed by atoms with Crippen molar-refractivity contribution in [2.75, 3.05) is 0 Å². The highest BCUT2D eigenvalue weighted by Gasteiger charge is 2.23. The molecule has 5 heterocycles. The summed E-state index contributed by atoms with van der Waals surface area (Å²) in [6.45, 7) is 6.83. The topological polar surface area (TPSA) is 9.86 Å². The van der Waals surface area contributed by atoms with Gasteiger partial charge < -0.3 is 9.13 Å². The molecule has 0 saturated heterocycles. The predicted octanol–water partition coefficient (Wildman–Crippen LogP) is 7.69. The second-order valence-electron chi connectivity index (χ2n) is 6.74. The molecule has 0 aromatic carbocycles. The maximum absolute atomic E-state index is 2.61. The van der Waals surface area contributed by atoms with Crippen LogP contribution in [-0.2, 0) is 13.1 Å². The van der Waals surface area contributed by atoms with Crippen LogP contribution in [0, 0.1) is 0 Å². The van der Waals surface area contributed by atoms with Crippen molar-refractivity contribution in [3.8, 4) is 0 Å². The predicted molar refractivity (Wildman–Crippen MR) is 116 cm³/mol. The Morgan fingerprint density at radius 3 is 1.64 bits per heavy atom. The van der Waals surface area contributed by atoms with Gasteiger partial charge in [0.05, 0.1) is 40.9 Å². The van der Waals surface area contributed by atoms with Gasteiger partial charge in [-0.3, -0.25) is 0 Å². The van der Waals surface area contributed by atoms with Crippen molar-refractivity contribution < 1.29 is 0 Å². The SMILES string of the molecule is CCCCn1c2ccsc2c2sc3c4sccc4n(CCCC)c3c21. The average Bonchev–Trinajstić information content (AvgIpc) is 3.37. The van der Waals surface area contributed by atoms with Crippen LogP contribution in [0.2, 0.25) is 0 Å². The molecule has 25 heavy (non-hydrogen) atoms. The molecule has 0 fully saturated rings. The van der Waals surface area contributed by atoms with Gasteiger partial charge >= 0.3 is 0 Å². The lowest BCUT2D eigenvalue weighted by molar-refractivity contribution is 0.656. The van der Waals surface area contributed by atoms with Crippen LogP contribution in [0.1, 0.15) is 39.5 Å². The van der Waals surface area contributed by atoms with Gasteiger partial charge in [-0.15, -0.1) is 34.0 Å². The number of nitrogens with zero attached hydrogens (tertiary/aromatic N) is 2. The number of fused-ring (bicyclic) bond motifs is 7. The minimum atomic E-state index is 1.13. The van der Waals surface area contributed by atoms with Crippen molar-refractivity contribution in [2.24, 2.45) is 0 Å². The van der Waals surface area contributed by atoms with Crippen LogP contribution in [0.25, 0.3) is 40.9 Å². The first-order valence-corrected chi connectivity index (χ1v) is 11.8. The second kappa shape index (κ2) is 6.15. The van der Waals surface area contributed by atoms with E-state index in [4.69, 9.17) is 0 Å². The molecule has 5 aromatic heterocycles. The Balaban J connectivity index is 1.90. The Labute approximate surface area is 159 Å². The first-order valence-electron chi connectivity index (χ1n) is 9.22. The molecule has 0 unspecified atom stereocenters. The number of thiophene rings is 3. The van der Waals surface area contributed by atoms with Gasteiger partial charge in [-0.05, 0) is 35.7 Å². The van der Waals surface area contributed by atoms with Crippen LogP contribution >= 0.6 is 34.0 Å². The van der Waals surface area contributed by atoms with E-state index in [2.05, 4.69) is 45.9 Å². The maximum atomic E-state index is 2.61. The zero-order valence-corrected chi connectivity index (χ0v) is 17.1. The molecule has 0 spiro atoms. The van der Waals surface area contributed by atoms with Crippen LogP contribution in [0.15, 0.2) is 22.9 Å². The van der Waals surface area contributed by atoms with E-state index < -0.39 is 0 Å². The van der Waals surface area contributed by atoms with Crippen molar-refractivity contribution in [2.45, 2.75) is 52.6 Å². The first kappa shape index (κ1) is 15.9. The number of unbranched alkanes of at least 4 members (excludes halogenated alkanes) is 2. The molecule has 0 amide bonds. The molecule has 0 radical (unpaired) electrons. The molecule has 0 aliphatic carbocycles. The molecular weight excluding hydrogens is 364 g/mol. The lowest BCUT2D eigenvalue weighted by Crippen LogP contribution is -2.00. The maximum Gasteiger partial charge on any atom is 0.0858 e. The van der Waals surface area contributed by atoms with Crippen molar-refractivity contribution in [1.82, 2.24) is 9.13 Å². The highest BCUT2D eigenvalue weighted by molar-refractivity contribution is 7.33.